The van der Waals surface area contributed by atoms with Gasteiger partial charge in [-0.15, -0.1) is 10.2 Å². The molecule has 6 nitrogen and oxygen atoms in total. The van der Waals surface area contributed by atoms with Crippen molar-refractivity contribution in [2.24, 2.45) is 0 Å². The minimum absolute atomic E-state index is 0.409. The van der Waals surface area contributed by atoms with Crippen LogP contribution in [0, 0.1) is 0 Å². The predicted octanol–water partition coefficient (Wildman–Crippen LogP) is 4.92. The highest BCUT2D eigenvalue weighted by Gasteiger charge is 2.26. The standard InChI is InChI=1S/C19H17BrN4O2S/c1-3-25-13-7-4-11(5-8-13)17-21-15-9-6-12(20)10-14(15)16-18(26-17)22-19(27-2)24-23-16/h4-10,17,21H,3H2,1-2H3/t17-/m0/s1. The molecule has 3 aromatic rings. The van der Waals surface area contributed by atoms with Gasteiger partial charge in [0.15, 0.2) is 11.9 Å². The van der Waals surface area contributed by atoms with Crippen molar-refractivity contribution >= 4 is 33.4 Å². The van der Waals surface area contributed by atoms with Crippen LogP contribution in [0.15, 0.2) is 52.1 Å². The van der Waals surface area contributed by atoms with E-state index < -0.39 is 6.23 Å². The van der Waals surface area contributed by atoms with E-state index in [2.05, 4.69) is 36.4 Å². The molecule has 0 amide bonds. The molecule has 138 valence electrons. The van der Waals surface area contributed by atoms with Gasteiger partial charge in [0, 0.05) is 21.3 Å². The van der Waals surface area contributed by atoms with Gasteiger partial charge in [-0.3, -0.25) is 0 Å². The summed E-state index contributed by atoms with van der Waals surface area (Å²) in [4.78, 5) is 4.53. The number of nitrogens with one attached hydrogen (secondary N) is 1. The van der Waals surface area contributed by atoms with Crippen LogP contribution in [0.25, 0.3) is 11.3 Å². The number of rotatable bonds is 4. The van der Waals surface area contributed by atoms with E-state index in [-0.39, 0.29) is 0 Å². The van der Waals surface area contributed by atoms with Gasteiger partial charge < -0.3 is 14.8 Å². The molecular formula is C19H17BrN4O2S. The fourth-order valence-corrected chi connectivity index (χ4v) is 3.47. The first-order valence-corrected chi connectivity index (χ1v) is 10.4. The summed E-state index contributed by atoms with van der Waals surface area (Å²) in [6.07, 6.45) is 1.50. The van der Waals surface area contributed by atoms with Crippen LogP contribution in [0.1, 0.15) is 18.7 Å². The summed E-state index contributed by atoms with van der Waals surface area (Å²) in [5, 5.41) is 12.5. The number of fused-ring (bicyclic) bond motifs is 3. The lowest BCUT2D eigenvalue weighted by molar-refractivity contribution is 0.225. The molecule has 27 heavy (non-hydrogen) atoms. The van der Waals surface area contributed by atoms with E-state index in [0.29, 0.717) is 23.3 Å². The van der Waals surface area contributed by atoms with Crippen LogP contribution in [0.4, 0.5) is 5.69 Å². The first kappa shape index (κ1) is 18.1. The van der Waals surface area contributed by atoms with Crippen LogP contribution >= 0.6 is 27.7 Å². The number of halogens is 1. The highest BCUT2D eigenvalue weighted by molar-refractivity contribution is 9.10. The quantitative estimate of drug-likeness (QED) is 0.572. The summed E-state index contributed by atoms with van der Waals surface area (Å²) in [5.41, 5.74) is 3.37. The van der Waals surface area contributed by atoms with E-state index >= 15 is 0 Å². The number of nitrogens with zero attached hydrogens (tertiary/aromatic N) is 3. The molecule has 8 heteroatoms. The molecule has 1 atom stereocenters. The van der Waals surface area contributed by atoms with Crippen LogP contribution in [-0.4, -0.2) is 28.0 Å². The molecule has 0 radical (unpaired) electrons. The average Bonchev–Trinajstić information content (AvgIpc) is 2.85. The molecule has 1 aliphatic heterocycles. The third-order valence-corrected chi connectivity index (χ3v) is 5.10. The van der Waals surface area contributed by atoms with Crippen molar-refractivity contribution in [3.8, 4) is 22.9 Å². The zero-order valence-electron chi connectivity index (χ0n) is 14.8. The molecule has 1 N–H and O–H groups in total. The zero-order chi connectivity index (χ0) is 18.8. The van der Waals surface area contributed by atoms with Crippen molar-refractivity contribution in [1.82, 2.24) is 15.2 Å². The Kier molecular flexibility index (Phi) is 5.18. The fourth-order valence-electron chi connectivity index (χ4n) is 2.81. The molecule has 0 aliphatic carbocycles. The number of anilines is 1. The Bertz CT molecular complexity index is 968. The smallest absolute Gasteiger partial charge is 0.247 e. The van der Waals surface area contributed by atoms with E-state index in [1.807, 2.05) is 55.6 Å². The molecule has 4 rings (SSSR count). The second kappa shape index (κ2) is 7.74. The normalized spacial score (nSPS) is 15.0. The van der Waals surface area contributed by atoms with Gasteiger partial charge >= 0.3 is 0 Å². The highest BCUT2D eigenvalue weighted by Crippen LogP contribution is 2.40. The number of hydrogen-bond acceptors (Lipinski definition) is 7. The maximum atomic E-state index is 6.21. The molecule has 2 heterocycles. The highest BCUT2D eigenvalue weighted by atomic mass is 79.9. The summed E-state index contributed by atoms with van der Waals surface area (Å²) in [7, 11) is 0. The van der Waals surface area contributed by atoms with Crippen molar-refractivity contribution in [2.45, 2.75) is 18.3 Å². The van der Waals surface area contributed by atoms with Crippen LogP contribution < -0.4 is 14.8 Å². The fraction of sp³-hybridized carbons (Fsp3) is 0.211. The molecule has 0 saturated heterocycles. The van der Waals surface area contributed by atoms with Crippen LogP contribution in [0.5, 0.6) is 11.6 Å². The van der Waals surface area contributed by atoms with Gasteiger partial charge in [0.05, 0.1) is 6.61 Å². The lowest BCUT2D eigenvalue weighted by atomic mass is 10.1. The Morgan fingerprint density at radius 1 is 1.19 bits per heavy atom. The lowest BCUT2D eigenvalue weighted by Gasteiger charge is -2.19. The average molecular weight is 445 g/mol. The topological polar surface area (TPSA) is 69.2 Å². The van der Waals surface area contributed by atoms with Crippen LogP contribution in [0.3, 0.4) is 0 Å². The molecule has 1 aliphatic rings. The maximum absolute atomic E-state index is 6.21. The van der Waals surface area contributed by atoms with Gasteiger partial charge in [-0.1, -0.05) is 27.7 Å². The summed E-state index contributed by atoms with van der Waals surface area (Å²) in [6.45, 7) is 2.60. The second-order valence-corrected chi connectivity index (χ2v) is 7.48. The zero-order valence-corrected chi connectivity index (χ0v) is 17.2. The number of ether oxygens (including phenoxy) is 2. The number of thioether (sulfide) groups is 1. The van der Waals surface area contributed by atoms with Gasteiger partial charge in [-0.2, -0.15) is 4.98 Å². The van der Waals surface area contributed by atoms with Crippen LogP contribution in [-0.2, 0) is 0 Å². The molecule has 1 aromatic heterocycles. The van der Waals surface area contributed by atoms with Crippen LogP contribution in [0.2, 0.25) is 0 Å². The Morgan fingerprint density at radius 2 is 2.00 bits per heavy atom. The van der Waals surface area contributed by atoms with Gasteiger partial charge in [0.2, 0.25) is 11.0 Å². The number of benzene rings is 2. The first-order valence-electron chi connectivity index (χ1n) is 8.42. The summed E-state index contributed by atoms with van der Waals surface area (Å²) < 4.78 is 12.7. The van der Waals surface area contributed by atoms with Gasteiger partial charge in [-0.05, 0) is 55.6 Å². The van der Waals surface area contributed by atoms with Gasteiger partial charge in [0.1, 0.15) is 5.75 Å². The maximum Gasteiger partial charge on any atom is 0.247 e. The minimum atomic E-state index is -0.409. The van der Waals surface area contributed by atoms with Crippen molar-refractivity contribution < 1.29 is 9.47 Å². The summed E-state index contributed by atoms with van der Waals surface area (Å²) in [5.74, 6) is 1.28. The third kappa shape index (κ3) is 3.72. The largest absolute Gasteiger partial charge is 0.494 e. The molecule has 0 saturated carbocycles. The Balaban J connectivity index is 1.78. The molecule has 0 unspecified atom stereocenters. The van der Waals surface area contributed by atoms with E-state index in [9.17, 15) is 0 Å². The second-order valence-electron chi connectivity index (χ2n) is 5.79. The first-order chi connectivity index (χ1) is 13.2. The Morgan fingerprint density at radius 3 is 2.74 bits per heavy atom. The third-order valence-electron chi connectivity index (χ3n) is 4.06. The van der Waals surface area contributed by atoms with E-state index in [0.717, 1.165) is 27.0 Å². The molecule has 0 spiro atoms. The van der Waals surface area contributed by atoms with Crippen molar-refractivity contribution in [3.63, 3.8) is 0 Å². The Hall–Kier alpha value is -2.32. The number of hydrogen-bond donors (Lipinski definition) is 1. The van der Waals surface area contributed by atoms with E-state index in [4.69, 9.17) is 9.47 Å². The molecule has 2 aromatic carbocycles. The SMILES string of the molecule is CCOc1ccc([C@H]2Nc3ccc(Br)cc3-c3nnc(SC)nc3O2)cc1. The number of aromatic nitrogens is 3. The minimum Gasteiger partial charge on any atom is -0.494 e. The summed E-state index contributed by atoms with van der Waals surface area (Å²) >= 11 is 4.95. The predicted molar refractivity (Wildman–Crippen MR) is 109 cm³/mol. The van der Waals surface area contributed by atoms with E-state index in [1.165, 1.54) is 11.8 Å². The van der Waals surface area contributed by atoms with Crippen molar-refractivity contribution in [2.75, 3.05) is 18.2 Å². The molecule has 0 bridgehead atoms. The Labute approximate surface area is 169 Å². The molecule has 0 fully saturated rings. The monoisotopic (exact) mass is 444 g/mol. The molecular weight excluding hydrogens is 428 g/mol. The van der Waals surface area contributed by atoms with Gasteiger partial charge in [-0.25, -0.2) is 0 Å². The lowest BCUT2D eigenvalue weighted by Crippen LogP contribution is -2.17. The van der Waals surface area contributed by atoms with E-state index in [1.54, 1.807) is 0 Å². The van der Waals surface area contributed by atoms with Crippen molar-refractivity contribution in [3.05, 3.63) is 52.5 Å². The van der Waals surface area contributed by atoms with Crippen molar-refractivity contribution in [1.29, 1.82) is 0 Å². The summed E-state index contributed by atoms with van der Waals surface area (Å²) in [6, 6.07) is 13.8. The van der Waals surface area contributed by atoms with Gasteiger partial charge in [0.25, 0.3) is 0 Å².